The Morgan fingerprint density at radius 1 is 1.10 bits per heavy atom. The molecule has 1 aliphatic rings. The number of ether oxygens (including phenoxy) is 1. The number of anilines is 1. The molecular weight excluding hydrogens is 366 g/mol. The minimum Gasteiger partial charge on any atom is -0.451 e. The normalized spacial score (nSPS) is 13.1. The van der Waals surface area contributed by atoms with Gasteiger partial charge in [-0.25, -0.2) is 9.48 Å². The minimum absolute atomic E-state index is 0.333. The fraction of sp³-hybridized carbons (Fsp3) is 0.261. The van der Waals surface area contributed by atoms with Crippen LogP contribution in [0, 0.1) is 0 Å². The van der Waals surface area contributed by atoms with Crippen molar-refractivity contribution in [3.8, 4) is 5.69 Å². The van der Waals surface area contributed by atoms with Gasteiger partial charge in [0.05, 0.1) is 11.4 Å². The van der Waals surface area contributed by atoms with E-state index in [1.807, 2.05) is 61.5 Å². The highest BCUT2D eigenvalue weighted by molar-refractivity contribution is 5.95. The van der Waals surface area contributed by atoms with Gasteiger partial charge < -0.3 is 10.1 Å². The van der Waals surface area contributed by atoms with Gasteiger partial charge in [0.15, 0.2) is 12.3 Å². The topological polar surface area (TPSA) is 73.2 Å². The lowest BCUT2D eigenvalue weighted by molar-refractivity contribution is -0.119. The van der Waals surface area contributed by atoms with Crippen LogP contribution in [0.5, 0.6) is 0 Å². The van der Waals surface area contributed by atoms with Gasteiger partial charge in [0.25, 0.3) is 5.91 Å². The Morgan fingerprint density at radius 3 is 2.55 bits per heavy atom. The third-order valence-electron chi connectivity index (χ3n) is 4.94. The van der Waals surface area contributed by atoms with E-state index in [0.29, 0.717) is 11.6 Å². The first-order valence-corrected chi connectivity index (χ1v) is 9.86. The number of para-hydroxylation sites is 2. The Kier molecular flexibility index (Phi) is 5.42. The van der Waals surface area contributed by atoms with Crippen molar-refractivity contribution in [2.24, 2.45) is 0 Å². The molecule has 0 bridgehead atoms. The van der Waals surface area contributed by atoms with Crippen LogP contribution in [0.3, 0.4) is 0 Å². The summed E-state index contributed by atoms with van der Waals surface area (Å²) < 4.78 is 6.90. The zero-order valence-electron chi connectivity index (χ0n) is 16.3. The van der Waals surface area contributed by atoms with Crippen molar-refractivity contribution >= 4 is 17.6 Å². The van der Waals surface area contributed by atoms with E-state index in [0.717, 1.165) is 41.9 Å². The Labute approximate surface area is 169 Å². The second kappa shape index (κ2) is 8.31. The molecule has 29 heavy (non-hydrogen) atoms. The molecule has 0 saturated heterocycles. The quantitative estimate of drug-likeness (QED) is 0.617. The first-order chi connectivity index (χ1) is 14.2. The molecule has 1 saturated carbocycles. The van der Waals surface area contributed by atoms with E-state index >= 15 is 0 Å². The number of aryl methyl sites for hydroxylation is 1. The molecule has 1 N–H and O–H groups in total. The number of aromatic nitrogens is 2. The van der Waals surface area contributed by atoms with Gasteiger partial charge in [-0.05, 0) is 49.1 Å². The number of esters is 1. The summed E-state index contributed by atoms with van der Waals surface area (Å²) in [5, 5.41) is 7.41. The van der Waals surface area contributed by atoms with Gasteiger partial charge in [-0.1, -0.05) is 43.3 Å². The molecule has 6 heteroatoms. The molecule has 0 unspecified atom stereocenters. The molecule has 148 valence electrons. The van der Waals surface area contributed by atoms with Crippen LogP contribution in [0.1, 0.15) is 47.4 Å². The smallest absolute Gasteiger partial charge is 0.357 e. The van der Waals surface area contributed by atoms with Crippen molar-refractivity contribution in [2.75, 3.05) is 11.9 Å². The molecule has 4 rings (SSSR count). The molecule has 1 aromatic heterocycles. The molecule has 0 spiro atoms. The van der Waals surface area contributed by atoms with Crippen molar-refractivity contribution in [3.05, 3.63) is 77.6 Å². The standard InChI is InChI=1S/C23H23N3O3/c1-2-16-8-6-7-11-19(16)24-22(27)15-29-23(28)21-14-20(17-12-13-17)25-26(21)18-9-4-3-5-10-18/h3-11,14,17H,2,12-13,15H2,1H3,(H,24,27). The van der Waals surface area contributed by atoms with Crippen molar-refractivity contribution in [1.82, 2.24) is 9.78 Å². The minimum atomic E-state index is -0.563. The largest absolute Gasteiger partial charge is 0.451 e. The zero-order valence-corrected chi connectivity index (χ0v) is 16.3. The van der Waals surface area contributed by atoms with Crippen LogP contribution in [-0.4, -0.2) is 28.3 Å². The molecule has 0 atom stereocenters. The van der Waals surface area contributed by atoms with Gasteiger partial charge in [-0.3, -0.25) is 4.79 Å². The Hall–Kier alpha value is -3.41. The summed E-state index contributed by atoms with van der Waals surface area (Å²) in [6.07, 6.45) is 2.97. The number of hydrogen-bond acceptors (Lipinski definition) is 4. The lowest BCUT2D eigenvalue weighted by Gasteiger charge is -2.10. The number of rotatable bonds is 7. The van der Waals surface area contributed by atoms with E-state index < -0.39 is 5.97 Å². The third kappa shape index (κ3) is 4.37. The Bertz CT molecular complexity index is 1020. The van der Waals surface area contributed by atoms with E-state index in [2.05, 4.69) is 10.4 Å². The molecule has 1 amide bonds. The lowest BCUT2D eigenvalue weighted by atomic mass is 10.1. The summed E-state index contributed by atoms with van der Waals surface area (Å²) in [5.74, 6) is -0.528. The van der Waals surface area contributed by atoms with Crippen molar-refractivity contribution in [2.45, 2.75) is 32.1 Å². The maximum atomic E-state index is 12.7. The van der Waals surface area contributed by atoms with Gasteiger partial charge in [0.2, 0.25) is 0 Å². The van der Waals surface area contributed by atoms with Crippen LogP contribution in [0.15, 0.2) is 60.7 Å². The first-order valence-electron chi connectivity index (χ1n) is 9.86. The van der Waals surface area contributed by atoms with Gasteiger partial charge in [-0.2, -0.15) is 5.10 Å². The summed E-state index contributed by atoms with van der Waals surface area (Å²) >= 11 is 0. The van der Waals surface area contributed by atoms with Crippen LogP contribution in [0.25, 0.3) is 5.69 Å². The molecule has 1 heterocycles. The van der Waals surface area contributed by atoms with E-state index in [4.69, 9.17) is 4.74 Å². The van der Waals surface area contributed by atoms with Crippen molar-refractivity contribution in [3.63, 3.8) is 0 Å². The number of hydrogen-bond donors (Lipinski definition) is 1. The second-order valence-electron chi connectivity index (χ2n) is 7.11. The fourth-order valence-electron chi connectivity index (χ4n) is 3.23. The zero-order chi connectivity index (χ0) is 20.2. The van der Waals surface area contributed by atoms with Crippen LogP contribution in [0.4, 0.5) is 5.69 Å². The highest BCUT2D eigenvalue weighted by Gasteiger charge is 2.29. The predicted molar refractivity (Wildman–Crippen MR) is 110 cm³/mol. The predicted octanol–water partition coefficient (Wildman–Crippen LogP) is 4.11. The van der Waals surface area contributed by atoms with E-state index in [-0.39, 0.29) is 12.5 Å². The fourth-order valence-corrected chi connectivity index (χ4v) is 3.23. The van der Waals surface area contributed by atoms with E-state index in [1.165, 1.54) is 0 Å². The molecule has 0 radical (unpaired) electrons. The number of amides is 1. The molecular formula is C23H23N3O3. The van der Waals surface area contributed by atoms with Crippen LogP contribution < -0.4 is 5.32 Å². The second-order valence-corrected chi connectivity index (χ2v) is 7.11. The summed E-state index contributed by atoms with van der Waals surface area (Å²) in [6, 6.07) is 18.8. The maximum Gasteiger partial charge on any atom is 0.357 e. The monoisotopic (exact) mass is 389 g/mol. The average Bonchev–Trinajstić information content (AvgIpc) is 3.51. The lowest BCUT2D eigenvalue weighted by Crippen LogP contribution is -2.22. The number of carbonyl (C=O) groups excluding carboxylic acids is 2. The SMILES string of the molecule is CCc1ccccc1NC(=O)COC(=O)c1cc(C2CC2)nn1-c1ccccc1. The van der Waals surface area contributed by atoms with Crippen molar-refractivity contribution < 1.29 is 14.3 Å². The summed E-state index contributed by atoms with van der Waals surface area (Å²) in [4.78, 5) is 25.0. The highest BCUT2D eigenvalue weighted by Crippen LogP contribution is 2.39. The van der Waals surface area contributed by atoms with Crippen molar-refractivity contribution in [1.29, 1.82) is 0 Å². The number of nitrogens with zero attached hydrogens (tertiary/aromatic N) is 2. The molecule has 0 aliphatic heterocycles. The average molecular weight is 389 g/mol. The number of benzene rings is 2. The van der Waals surface area contributed by atoms with E-state index in [9.17, 15) is 9.59 Å². The highest BCUT2D eigenvalue weighted by atomic mass is 16.5. The van der Waals surface area contributed by atoms with Gasteiger partial charge >= 0.3 is 5.97 Å². The first kappa shape index (κ1) is 18.9. The third-order valence-corrected chi connectivity index (χ3v) is 4.94. The molecule has 2 aromatic carbocycles. The van der Waals surface area contributed by atoms with Gasteiger partial charge in [0.1, 0.15) is 0 Å². The van der Waals surface area contributed by atoms with Crippen LogP contribution in [0.2, 0.25) is 0 Å². The van der Waals surface area contributed by atoms with Gasteiger partial charge in [-0.15, -0.1) is 0 Å². The number of carbonyl (C=O) groups is 2. The molecule has 6 nitrogen and oxygen atoms in total. The molecule has 1 aliphatic carbocycles. The number of nitrogens with one attached hydrogen (secondary N) is 1. The summed E-state index contributed by atoms with van der Waals surface area (Å²) in [7, 11) is 0. The van der Waals surface area contributed by atoms with Gasteiger partial charge in [0, 0.05) is 11.6 Å². The maximum absolute atomic E-state index is 12.7. The van der Waals surface area contributed by atoms with Crippen LogP contribution in [-0.2, 0) is 16.0 Å². The summed E-state index contributed by atoms with van der Waals surface area (Å²) in [6.45, 7) is 1.67. The molecule has 3 aromatic rings. The van der Waals surface area contributed by atoms with E-state index in [1.54, 1.807) is 10.7 Å². The Morgan fingerprint density at radius 2 is 1.83 bits per heavy atom. The van der Waals surface area contributed by atoms with Crippen LogP contribution >= 0.6 is 0 Å². The molecule has 1 fully saturated rings. The Balaban J connectivity index is 1.46. The summed E-state index contributed by atoms with van der Waals surface area (Å²) in [5.41, 5.74) is 3.78.